The smallest absolute Gasteiger partial charge is 0.0629 e. The summed E-state index contributed by atoms with van der Waals surface area (Å²) in [7, 11) is 1.93. The van der Waals surface area contributed by atoms with Crippen LogP contribution in [0.15, 0.2) is 12.2 Å². The monoisotopic (exact) mass is 208 g/mol. The zero-order valence-corrected chi connectivity index (χ0v) is 10.0. The minimum Gasteiger partial charge on any atom is -0.392 e. The van der Waals surface area contributed by atoms with Gasteiger partial charge in [0.05, 0.1) is 11.8 Å². The third kappa shape index (κ3) is 2.93. The number of rotatable bonds is 4. The molecule has 84 valence electrons. The van der Waals surface area contributed by atoms with Gasteiger partial charge in [-0.05, 0) is 32.8 Å². The molecule has 0 saturated heterocycles. The van der Waals surface area contributed by atoms with Crippen molar-refractivity contribution in [2.45, 2.75) is 39.7 Å². The van der Waals surface area contributed by atoms with E-state index in [9.17, 15) is 5.11 Å². The van der Waals surface area contributed by atoms with Gasteiger partial charge in [0.15, 0.2) is 0 Å². The molecule has 1 rings (SSSR count). The molecule has 0 bridgehead atoms. The predicted octanol–water partition coefficient (Wildman–Crippen LogP) is 1.91. The Bertz CT molecular complexity index is 366. The highest BCUT2D eigenvalue weighted by Crippen LogP contribution is 2.16. The summed E-state index contributed by atoms with van der Waals surface area (Å²) in [6, 6.07) is 0. The third-order valence-electron chi connectivity index (χ3n) is 2.68. The molecule has 0 amide bonds. The van der Waals surface area contributed by atoms with Gasteiger partial charge in [0, 0.05) is 19.2 Å². The Morgan fingerprint density at radius 2 is 2.13 bits per heavy atom. The molecule has 1 aromatic rings. The van der Waals surface area contributed by atoms with Crippen molar-refractivity contribution < 1.29 is 5.11 Å². The molecule has 1 N–H and O–H groups in total. The van der Waals surface area contributed by atoms with Crippen LogP contribution in [0.4, 0.5) is 0 Å². The molecule has 3 nitrogen and oxygen atoms in total. The standard InChI is InChI=1S/C12H20N2O/c1-8(2)6-11(15)7-12-9(3)13-14(5)10(12)4/h11,15H,1,6-7H2,2-5H3. The third-order valence-corrected chi connectivity index (χ3v) is 2.68. The van der Waals surface area contributed by atoms with Gasteiger partial charge >= 0.3 is 0 Å². The second kappa shape index (κ2) is 4.62. The fourth-order valence-electron chi connectivity index (χ4n) is 1.82. The van der Waals surface area contributed by atoms with Crippen LogP contribution in [-0.2, 0) is 13.5 Å². The summed E-state index contributed by atoms with van der Waals surface area (Å²) >= 11 is 0. The zero-order valence-electron chi connectivity index (χ0n) is 10.0. The van der Waals surface area contributed by atoms with Crippen LogP contribution in [0.3, 0.4) is 0 Å². The first-order valence-corrected chi connectivity index (χ1v) is 5.23. The lowest BCUT2D eigenvalue weighted by molar-refractivity contribution is 0.175. The number of aliphatic hydroxyl groups is 1. The maximum atomic E-state index is 9.83. The highest BCUT2D eigenvalue weighted by Gasteiger charge is 2.13. The number of aliphatic hydroxyl groups excluding tert-OH is 1. The molecule has 1 unspecified atom stereocenters. The summed E-state index contributed by atoms with van der Waals surface area (Å²) in [6.07, 6.45) is 0.982. The quantitative estimate of drug-likeness (QED) is 0.767. The Labute approximate surface area is 91.4 Å². The maximum absolute atomic E-state index is 9.83. The van der Waals surface area contributed by atoms with E-state index in [0.29, 0.717) is 12.8 Å². The molecule has 0 aliphatic heterocycles. The van der Waals surface area contributed by atoms with Gasteiger partial charge in [-0.2, -0.15) is 5.10 Å². The van der Waals surface area contributed by atoms with E-state index in [2.05, 4.69) is 11.7 Å². The Balaban J connectivity index is 2.76. The van der Waals surface area contributed by atoms with Crippen molar-refractivity contribution >= 4 is 0 Å². The molecule has 0 aromatic carbocycles. The second-order valence-corrected chi connectivity index (χ2v) is 4.29. The van der Waals surface area contributed by atoms with E-state index in [1.807, 2.05) is 32.5 Å². The van der Waals surface area contributed by atoms with Crippen LogP contribution in [0.1, 0.15) is 30.3 Å². The van der Waals surface area contributed by atoms with Crippen LogP contribution in [0.5, 0.6) is 0 Å². The largest absolute Gasteiger partial charge is 0.392 e. The molecule has 1 aromatic heterocycles. The predicted molar refractivity (Wildman–Crippen MR) is 61.8 cm³/mol. The number of nitrogens with zero attached hydrogens (tertiary/aromatic N) is 2. The summed E-state index contributed by atoms with van der Waals surface area (Å²) in [5.74, 6) is 0. The van der Waals surface area contributed by atoms with E-state index < -0.39 is 0 Å². The molecular weight excluding hydrogens is 188 g/mol. The Morgan fingerprint density at radius 1 is 1.53 bits per heavy atom. The van der Waals surface area contributed by atoms with Crippen molar-refractivity contribution in [1.29, 1.82) is 0 Å². The molecule has 0 aliphatic carbocycles. The molecule has 0 saturated carbocycles. The highest BCUT2D eigenvalue weighted by molar-refractivity contribution is 5.25. The summed E-state index contributed by atoms with van der Waals surface area (Å²) in [6.45, 7) is 9.76. The van der Waals surface area contributed by atoms with Crippen LogP contribution in [0.25, 0.3) is 0 Å². The molecular formula is C12H20N2O. The first kappa shape index (κ1) is 12.0. The van der Waals surface area contributed by atoms with E-state index in [0.717, 1.165) is 22.5 Å². The van der Waals surface area contributed by atoms with Gasteiger partial charge in [-0.1, -0.05) is 5.57 Å². The van der Waals surface area contributed by atoms with Crippen molar-refractivity contribution in [1.82, 2.24) is 9.78 Å². The van der Waals surface area contributed by atoms with Crippen molar-refractivity contribution in [3.63, 3.8) is 0 Å². The van der Waals surface area contributed by atoms with Gasteiger partial charge in [-0.15, -0.1) is 6.58 Å². The summed E-state index contributed by atoms with van der Waals surface area (Å²) in [5, 5.41) is 14.2. The normalized spacial score (nSPS) is 12.9. The minimum absolute atomic E-state index is 0.343. The molecule has 0 spiro atoms. The fourth-order valence-corrected chi connectivity index (χ4v) is 1.82. The van der Waals surface area contributed by atoms with Gasteiger partial charge in [-0.25, -0.2) is 0 Å². The molecule has 0 aliphatic rings. The maximum Gasteiger partial charge on any atom is 0.0629 e. The van der Waals surface area contributed by atoms with Crippen molar-refractivity contribution in [2.24, 2.45) is 7.05 Å². The molecule has 1 atom stereocenters. The summed E-state index contributed by atoms with van der Waals surface area (Å²) in [4.78, 5) is 0. The fraction of sp³-hybridized carbons (Fsp3) is 0.583. The lowest BCUT2D eigenvalue weighted by Gasteiger charge is -2.10. The number of aromatic nitrogens is 2. The number of aryl methyl sites for hydroxylation is 2. The Kier molecular flexibility index (Phi) is 3.69. The number of hydrogen-bond donors (Lipinski definition) is 1. The summed E-state index contributed by atoms with van der Waals surface area (Å²) in [5.41, 5.74) is 4.32. The number of hydrogen-bond acceptors (Lipinski definition) is 2. The SMILES string of the molecule is C=C(C)CC(O)Cc1c(C)nn(C)c1C. The van der Waals surface area contributed by atoms with Crippen LogP contribution in [-0.4, -0.2) is 21.0 Å². The van der Waals surface area contributed by atoms with Crippen LogP contribution < -0.4 is 0 Å². The lowest BCUT2D eigenvalue weighted by Crippen LogP contribution is -2.11. The topological polar surface area (TPSA) is 38.1 Å². The summed E-state index contributed by atoms with van der Waals surface area (Å²) < 4.78 is 1.86. The van der Waals surface area contributed by atoms with Gasteiger partial charge in [0.2, 0.25) is 0 Å². The molecule has 1 heterocycles. The molecule has 0 radical (unpaired) electrons. The molecule has 3 heteroatoms. The van der Waals surface area contributed by atoms with Crippen LogP contribution in [0, 0.1) is 13.8 Å². The van der Waals surface area contributed by atoms with Gasteiger partial charge in [0.1, 0.15) is 0 Å². The van der Waals surface area contributed by atoms with E-state index in [-0.39, 0.29) is 6.10 Å². The van der Waals surface area contributed by atoms with E-state index in [1.54, 1.807) is 0 Å². The Hall–Kier alpha value is -1.09. The van der Waals surface area contributed by atoms with Gasteiger partial charge < -0.3 is 5.11 Å². The Morgan fingerprint density at radius 3 is 2.53 bits per heavy atom. The van der Waals surface area contributed by atoms with Crippen LogP contribution in [0.2, 0.25) is 0 Å². The zero-order chi connectivity index (χ0) is 11.6. The minimum atomic E-state index is -0.343. The average Bonchev–Trinajstić information content (AvgIpc) is 2.31. The second-order valence-electron chi connectivity index (χ2n) is 4.29. The lowest BCUT2D eigenvalue weighted by atomic mass is 10.0. The first-order chi connectivity index (χ1) is 6.91. The van der Waals surface area contributed by atoms with E-state index >= 15 is 0 Å². The van der Waals surface area contributed by atoms with Crippen molar-refractivity contribution in [2.75, 3.05) is 0 Å². The first-order valence-electron chi connectivity index (χ1n) is 5.23. The molecule has 0 fully saturated rings. The van der Waals surface area contributed by atoms with E-state index in [1.165, 1.54) is 0 Å². The van der Waals surface area contributed by atoms with Crippen molar-refractivity contribution in [3.8, 4) is 0 Å². The van der Waals surface area contributed by atoms with E-state index in [4.69, 9.17) is 0 Å². The van der Waals surface area contributed by atoms with Gasteiger partial charge in [0.25, 0.3) is 0 Å². The average molecular weight is 208 g/mol. The molecule has 15 heavy (non-hydrogen) atoms. The van der Waals surface area contributed by atoms with Gasteiger partial charge in [-0.3, -0.25) is 4.68 Å². The highest BCUT2D eigenvalue weighted by atomic mass is 16.3. The van der Waals surface area contributed by atoms with Crippen LogP contribution >= 0.6 is 0 Å². The van der Waals surface area contributed by atoms with Crippen molar-refractivity contribution in [3.05, 3.63) is 29.1 Å².